The second-order valence-corrected chi connectivity index (χ2v) is 16.3. The second kappa shape index (κ2) is 19.2. The monoisotopic (exact) mass is 825 g/mol. The molecule has 0 unspecified atom stereocenters. The van der Waals surface area contributed by atoms with Gasteiger partial charge in [-0.3, -0.25) is 18.9 Å². The summed E-state index contributed by atoms with van der Waals surface area (Å²) in [6.45, 7) is 10.4. The molecule has 2 aromatic rings. The van der Waals surface area contributed by atoms with Crippen molar-refractivity contribution in [2.75, 3.05) is 27.7 Å². The van der Waals surface area contributed by atoms with Crippen LogP contribution < -0.4 is 0 Å². The number of hydrogen-bond acceptors (Lipinski definition) is 12. The van der Waals surface area contributed by atoms with E-state index < -0.39 is 87.9 Å². The zero-order valence-corrected chi connectivity index (χ0v) is 34.1. The molecule has 4 rings (SSSR count). The van der Waals surface area contributed by atoms with Crippen LogP contribution in [0.5, 0.6) is 0 Å². The molecular formula is C40H50F3NO12S. The van der Waals surface area contributed by atoms with Crippen molar-refractivity contribution in [1.29, 1.82) is 0 Å². The molecule has 0 bridgehead atoms. The summed E-state index contributed by atoms with van der Waals surface area (Å²) in [5.41, 5.74) is -0.144. The van der Waals surface area contributed by atoms with E-state index in [0.29, 0.717) is 13.0 Å². The molecule has 17 heteroatoms. The first-order valence-electron chi connectivity index (χ1n) is 18.2. The van der Waals surface area contributed by atoms with Crippen LogP contribution in [0.4, 0.5) is 13.2 Å². The molecule has 57 heavy (non-hydrogen) atoms. The van der Waals surface area contributed by atoms with Crippen molar-refractivity contribution in [2.24, 2.45) is 17.8 Å². The van der Waals surface area contributed by atoms with Crippen LogP contribution in [0.2, 0.25) is 0 Å². The predicted molar refractivity (Wildman–Crippen MR) is 201 cm³/mol. The molecule has 0 spiro atoms. The zero-order valence-electron chi connectivity index (χ0n) is 33.3. The highest BCUT2D eigenvalue weighted by molar-refractivity contribution is 7.86. The van der Waals surface area contributed by atoms with E-state index in [1.807, 2.05) is 38.4 Å². The quantitative estimate of drug-likeness (QED) is 0.0759. The smallest absolute Gasteiger partial charge is 0.485 e. The van der Waals surface area contributed by atoms with Gasteiger partial charge in [0.05, 0.1) is 45.5 Å². The summed E-state index contributed by atoms with van der Waals surface area (Å²) < 4.78 is 88.4. The van der Waals surface area contributed by atoms with Gasteiger partial charge < -0.3 is 28.2 Å². The summed E-state index contributed by atoms with van der Waals surface area (Å²) in [4.78, 5) is 52.6. The maximum Gasteiger partial charge on any atom is 0.485 e. The first kappa shape index (κ1) is 46.8. The average molecular weight is 826 g/mol. The third-order valence-electron chi connectivity index (χ3n) is 9.09. The summed E-state index contributed by atoms with van der Waals surface area (Å²) in [5, 5.41) is 0. The highest BCUT2D eigenvalue weighted by Gasteiger charge is 2.60. The van der Waals surface area contributed by atoms with E-state index in [4.69, 9.17) is 36.7 Å². The first-order chi connectivity index (χ1) is 26.4. The van der Waals surface area contributed by atoms with Gasteiger partial charge in [-0.25, -0.2) is 13.2 Å². The van der Waals surface area contributed by atoms with Gasteiger partial charge in [-0.2, -0.15) is 13.2 Å². The molecule has 1 heterocycles. The molecule has 1 fully saturated rings. The Labute approximate surface area is 331 Å². The van der Waals surface area contributed by atoms with Crippen LogP contribution in [-0.2, 0) is 53.0 Å². The van der Waals surface area contributed by atoms with Crippen molar-refractivity contribution in [3.05, 3.63) is 76.9 Å². The second-order valence-electron chi connectivity index (χ2n) is 15.0. The number of nitrogens with zero attached hydrogens (tertiary/aromatic N) is 1. The Bertz CT molecular complexity index is 1890. The molecule has 1 aliphatic carbocycles. The number of hydrogen-bond donors (Lipinski definition) is 0. The summed E-state index contributed by atoms with van der Waals surface area (Å²) in [7, 11) is -1.10. The molecule has 0 amide bonds. The van der Waals surface area contributed by atoms with Gasteiger partial charge in [0.15, 0.2) is 22.3 Å². The van der Waals surface area contributed by atoms with Crippen molar-refractivity contribution >= 4 is 51.7 Å². The lowest BCUT2D eigenvalue weighted by molar-refractivity contribution is -0.943. The van der Waals surface area contributed by atoms with E-state index >= 15 is 0 Å². The first-order valence-corrected chi connectivity index (χ1v) is 19.6. The Hall–Kier alpha value is -4.58. The van der Waals surface area contributed by atoms with Crippen molar-refractivity contribution in [2.45, 2.75) is 84.1 Å². The molecule has 314 valence electrons. The maximum atomic E-state index is 13.3. The molecule has 0 aromatic heterocycles. The standard InChI is InChI=1S/C39H50NO9.CHF3O3S/c1-23(2)36(41)47-31-32(48-37(42)24(3)4)34(39(44)45-9)46-35(33(31)49-38(43)25(5)6)40(7,8)22-14-19-30-28-17-12-10-15-26(28)20-21-27-16-11-13-18-29(27)30;2-1(3,4)8(5,6)7/h10-13,15-21,23-25,31-35H,14,22H2,1-9H3;(H,5,6,7)/q+1;/p-1/t31-,32-,33+,34-,35+;/m0./s1. The molecule has 2 aliphatic rings. The third kappa shape index (κ3) is 12.0. The fraction of sp³-hybridized carbons (Fsp3) is 0.500. The summed E-state index contributed by atoms with van der Waals surface area (Å²) >= 11 is 0. The van der Waals surface area contributed by atoms with Gasteiger partial charge in [-0.05, 0) is 27.8 Å². The predicted octanol–water partition coefficient (Wildman–Crippen LogP) is 5.72. The Morgan fingerprint density at radius 3 is 1.58 bits per heavy atom. The number of alkyl halides is 3. The number of carbonyl (C=O) groups excluding carboxylic acids is 4. The van der Waals surface area contributed by atoms with Gasteiger partial charge >= 0.3 is 29.4 Å². The van der Waals surface area contributed by atoms with E-state index in [0.717, 1.165) is 27.8 Å². The number of quaternary nitrogens is 1. The zero-order chi connectivity index (χ0) is 43.0. The fourth-order valence-corrected chi connectivity index (χ4v) is 5.88. The molecule has 1 saturated heterocycles. The molecule has 0 N–H and O–H groups in total. The molecule has 13 nitrogen and oxygen atoms in total. The minimum absolute atomic E-state index is 0.0927. The summed E-state index contributed by atoms with van der Waals surface area (Å²) in [5.74, 6) is -4.28. The number of rotatable bonds is 11. The Balaban J connectivity index is 0.000000980. The number of fused-ring (bicyclic) bond motifs is 2. The SMILES string of the molecule is COC(=O)[C@H]1O[C@@H]([N+](C)(C)CCC=C2c3ccccc3C=Cc3ccccc32)[C@H](OC(=O)C(C)C)[C@@H](OC(=O)C(C)C)[C@@H]1OC(=O)C(C)C.O=S(=O)([O-])C(F)(F)F. The van der Waals surface area contributed by atoms with Crippen LogP contribution in [-0.4, -0.2) is 105 Å². The number of methoxy groups -OCH3 is 1. The highest BCUT2D eigenvalue weighted by Crippen LogP contribution is 2.36. The molecule has 2 aromatic carbocycles. The van der Waals surface area contributed by atoms with Crippen LogP contribution in [0.3, 0.4) is 0 Å². The van der Waals surface area contributed by atoms with E-state index in [1.165, 1.54) is 7.11 Å². The minimum atomic E-state index is -6.09. The van der Waals surface area contributed by atoms with Crippen molar-refractivity contribution < 1.29 is 73.5 Å². The van der Waals surface area contributed by atoms with E-state index in [-0.39, 0.29) is 4.48 Å². The lowest BCUT2D eigenvalue weighted by Crippen LogP contribution is -2.70. The Kier molecular flexibility index (Phi) is 15.8. The lowest BCUT2D eigenvalue weighted by Gasteiger charge is -2.49. The van der Waals surface area contributed by atoms with Crippen LogP contribution in [0, 0.1) is 17.8 Å². The van der Waals surface area contributed by atoms with Gasteiger partial charge in [-0.1, -0.05) is 108 Å². The molecular weight excluding hydrogens is 775 g/mol. The Morgan fingerprint density at radius 2 is 1.18 bits per heavy atom. The number of halogens is 3. The highest BCUT2D eigenvalue weighted by atomic mass is 32.2. The molecule has 0 radical (unpaired) electrons. The van der Waals surface area contributed by atoms with Crippen molar-refractivity contribution in [1.82, 2.24) is 0 Å². The Morgan fingerprint density at radius 1 is 0.772 bits per heavy atom. The molecule has 0 saturated carbocycles. The number of carbonyl (C=O) groups is 4. The number of benzene rings is 2. The van der Waals surface area contributed by atoms with Crippen LogP contribution in [0.1, 0.15) is 70.2 Å². The minimum Gasteiger partial charge on any atom is -0.741 e. The summed E-state index contributed by atoms with van der Waals surface area (Å²) in [6.07, 6.45) is 0.503. The summed E-state index contributed by atoms with van der Waals surface area (Å²) in [6, 6.07) is 16.5. The van der Waals surface area contributed by atoms with E-state index in [1.54, 1.807) is 41.5 Å². The van der Waals surface area contributed by atoms with Crippen LogP contribution in [0.15, 0.2) is 54.6 Å². The average Bonchev–Trinajstić information content (AvgIpc) is 3.28. The molecule has 1 aliphatic heterocycles. The topological polar surface area (TPSA) is 172 Å². The van der Waals surface area contributed by atoms with Gasteiger partial charge in [0.1, 0.15) is 0 Å². The van der Waals surface area contributed by atoms with E-state index in [2.05, 4.69) is 42.5 Å². The number of esters is 4. The molecule has 5 atom stereocenters. The van der Waals surface area contributed by atoms with Gasteiger partial charge in [0, 0.05) is 6.42 Å². The van der Waals surface area contributed by atoms with Crippen molar-refractivity contribution in [3.8, 4) is 0 Å². The number of likely N-dealkylation sites (N-methyl/N-ethyl adjacent to an activating group) is 1. The van der Waals surface area contributed by atoms with Crippen molar-refractivity contribution in [3.63, 3.8) is 0 Å². The van der Waals surface area contributed by atoms with Gasteiger partial charge in [0.25, 0.3) is 0 Å². The largest absolute Gasteiger partial charge is 0.741 e. The van der Waals surface area contributed by atoms with E-state index in [9.17, 15) is 32.3 Å². The van der Waals surface area contributed by atoms with Crippen LogP contribution >= 0.6 is 0 Å². The lowest BCUT2D eigenvalue weighted by atomic mass is 9.92. The van der Waals surface area contributed by atoms with Gasteiger partial charge in [-0.15, -0.1) is 0 Å². The third-order valence-corrected chi connectivity index (χ3v) is 9.66. The normalized spacial score (nSPS) is 20.7. The van der Waals surface area contributed by atoms with Gasteiger partial charge in [0.2, 0.25) is 18.4 Å². The maximum absolute atomic E-state index is 13.3. The van der Waals surface area contributed by atoms with Crippen LogP contribution in [0.25, 0.3) is 17.7 Å². The number of ether oxygens (including phenoxy) is 5. The fourth-order valence-electron chi connectivity index (χ4n) is 5.88.